The van der Waals surface area contributed by atoms with Crippen molar-refractivity contribution in [1.29, 1.82) is 0 Å². The monoisotopic (exact) mass is 580 g/mol. The van der Waals surface area contributed by atoms with Gasteiger partial charge in [-0.15, -0.1) is 5.69 Å². The summed E-state index contributed by atoms with van der Waals surface area (Å²) in [6.07, 6.45) is 4.56. The minimum atomic E-state index is -3.87. The maximum atomic E-state index is 12.3. The van der Waals surface area contributed by atoms with Crippen LogP contribution < -0.4 is 5.32 Å². The van der Waals surface area contributed by atoms with Crippen molar-refractivity contribution in [3.05, 3.63) is 79.3 Å². The maximum absolute atomic E-state index is 12.3. The number of amides is 1. The minimum Gasteiger partial charge on any atom is -0.781 e. The number of hydrogen-bond acceptors (Lipinski definition) is 4. The van der Waals surface area contributed by atoms with Gasteiger partial charge in [0.05, 0.1) is 4.90 Å². The molecule has 0 aliphatic heterocycles. The van der Waals surface area contributed by atoms with E-state index in [1.807, 2.05) is 0 Å². The Hall–Kier alpha value is -1.58. The molecule has 2 rings (SSSR count). The maximum Gasteiger partial charge on any atom is 2.00 e. The van der Waals surface area contributed by atoms with E-state index < -0.39 is 10.0 Å². The summed E-state index contributed by atoms with van der Waals surface area (Å²) in [7, 11) is -3.87. The first-order chi connectivity index (χ1) is 14.6. The van der Waals surface area contributed by atoms with E-state index in [1.165, 1.54) is 37.1 Å². The van der Waals surface area contributed by atoms with Crippen molar-refractivity contribution in [3.63, 3.8) is 0 Å². The predicted octanol–water partition coefficient (Wildman–Crippen LogP) is 6.36. The van der Waals surface area contributed by atoms with Crippen LogP contribution in [-0.2, 0) is 27.4 Å². The second kappa shape index (κ2) is 17.9. The predicted molar refractivity (Wildman–Crippen MR) is 138 cm³/mol. The van der Waals surface area contributed by atoms with Crippen LogP contribution in [0.15, 0.2) is 70.5 Å². The molecule has 8 heteroatoms. The van der Waals surface area contributed by atoms with Crippen molar-refractivity contribution in [2.45, 2.75) is 56.2 Å². The molecule has 2 aromatic carbocycles. The molecular weight excluding hydrogens is 547 g/mol. The molecule has 4 radical (unpaired) electrons. The first kappa shape index (κ1) is 32.6. The van der Waals surface area contributed by atoms with E-state index in [2.05, 4.69) is 44.3 Å². The fourth-order valence-electron chi connectivity index (χ4n) is 1.66. The number of benzene rings is 2. The van der Waals surface area contributed by atoms with Crippen LogP contribution in [-0.4, -0.2) is 38.2 Å². The fourth-order valence-corrected chi connectivity index (χ4v) is 2.92. The van der Waals surface area contributed by atoms with Crippen LogP contribution in [0, 0.1) is 13.8 Å². The van der Waals surface area contributed by atoms with Gasteiger partial charge in [-0.1, -0.05) is 84.2 Å². The number of nitrogens with one attached hydrogen (secondary N) is 1. The van der Waals surface area contributed by atoms with Gasteiger partial charge in [-0.25, -0.2) is 8.42 Å². The Morgan fingerprint density at radius 1 is 1.00 bits per heavy atom. The molecule has 0 unspecified atom stereocenters. The van der Waals surface area contributed by atoms with E-state index in [1.54, 1.807) is 31.2 Å². The molecule has 0 aromatic heterocycles. The summed E-state index contributed by atoms with van der Waals surface area (Å²) in [6.45, 7) is 16.6. The normalized spacial score (nSPS) is 9.66. The molecule has 0 aliphatic carbocycles. The van der Waals surface area contributed by atoms with Gasteiger partial charge >= 0.3 is 23.9 Å². The summed E-state index contributed by atoms with van der Waals surface area (Å²) in [6, 6.07) is 12.3. The molecule has 0 atom stereocenters. The van der Waals surface area contributed by atoms with Gasteiger partial charge in [0.15, 0.2) is 0 Å². The summed E-state index contributed by atoms with van der Waals surface area (Å²) < 4.78 is 28.3. The molecular formula is C24H32N2O3S2Sn. The molecule has 0 aliphatic rings. The smallest absolute Gasteiger partial charge is 0.781 e. The van der Waals surface area contributed by atoms with E-state index in [-0.39, 0.29) is 40.4 Å². The first-order valence-electron chi connectivity index (χ1n) is 10.0. The summed E-state index contributed by atoms with van der Waals surface area (Å²) in [4.78, 5) is 11.9. The van der Waals surface area contributed by atoms with Gasteiger partial charge in [0.2, 0.25) is 0 Å². The number of carbonyl (C=O) groups excluding carboxylic acids is 1. The Bertz CT molecular complexity index is 907. The Balaban J connectivity index is 0. The average Bonchev–Trinajstić information content (AvgIpc) is 2.76. The van der Waals surface area contributed by atoms with E-state index in [0.717, 1.165) is 12.8 Å². The Labute approximate surface area is 216 Å². The van der Waals surface area contributed by atoms with Crippen molar-refractivity contribution in [2.24, 2.45) is 0 Å². The molecule has 0 saturated heterocycles. The van der Waals surface area contributed by atoms with E-state index in [9.17, 15) is 13.2 Å². The van der Waals surface area contributed by atoms with Crippen molar-refractivity contribution in [1.82, 2.24) is 0 Å². The summed E-state index contributed by atoms with van der Waals surface area (Å²) >= 11 is 5.05. The van der Waals surface area contributed by atoms with Crippen LogP contribution in [0.1, 0.15) is 46.5 Å². The Kier molecular flexibility index (Phi) is 18.2. The van der Waals surface area contributed by atoms with Crippen molar-refractivity contribution in [2.75, 3.05) is 5.32 Å². The number of carbonyl (C=O) groups is 1. The molecule has 1 amide bonds. The fraction of sp³-hybridized carbons (Fsp3) is 0.292. The summed E-state index contributed by atoms with van der Waals surface area (Å²) in [5, 5.41) is 2.60. The second-order valence-electron chi connectivity index (χ2n) is 6.50. The molecule has 0 fully saturated rings. The third-order valence-corrected chi connectivity index (χ3v) is 5.24. The number of hydrogen-bond donors (Lipinski definition) is 1. The van der Waals surface area contributed by atoms with Crippen LogP contribution in [0.2, 0.25) is 0 Å². The van der Waals surface area contributed by atoms with Gasteiger partial charge in [-0.05, 0) is 31.2 Å². The quantitative estimate of drug-likeness (QED) is 0.235. The van der Waals surface area contributed by atoms with Crippen LogP contribution in [0.5, 0.6) is 0 Å². The van der Waals surface area contributed by atoms with Crippen molar-refractivity contribution in [3.8, 4) is 0 Å². The molecule has 2 aromatic rings. The molecule has 0 spiro atoms. The number of sulfonamides is 1. The molecule has 172 valence electrons. The third kappa shape index (κ3) is 13.1. The van der Waals surface area contributed by atoms with Crippen LogP contribution in [0.3, 0.4) is 0 Å². The Morgan fingerprint density at radius 2 is 1.47 bits per heavy atom. The number of unbranched alkanes of at least 4 members (excludes halogenated alkanes) is 2. The molecule has 0 bridgehead atoms. The van der Waals surface area contributed by atoms with Crippen molar-refractivity contribution < 1.29 is 13.2 Å². The van der Waals surface area contributed by atoms with Crippen molar-refractivity contribution >= 4 is 63.8 Å². The average molecular weight is 579 g/mol. The number of nitrogens with zero attached hydrogens (tertiary/aromatic N) is 1. The van der Waals surface area contributed by atoms with Crippen LogP contribution in [0.4, 0.5) is 11.4 Å². The van der Waals surface area contributed by atoms with Gasteiger partial charge < -0.3 is 22.7 Å². The van der Waals surface area contributed by atoms with Gasteiger partial charge in [-0.3, -0.25) is 4.79 Å². The van der Waals surface area contributed by atoms with Crippen LogP contribution in [0.25, 0.3) is 4.72 Å². The molecule has 0 heterocycles. The van der Waals surface area contributed by atoms with Gasteiger partial charge in [0.25, 0.3) is 5.91 Å². The standard InChI is InChI=1S/C16H15N2O3S2.2C4H9.Sn/c1-11(2)16(19)17-12-7-9-13(10-8-12)23(20,21)18-14-5-3-4-6-15(14)22;2*1-3-4-2;/h3-10,22H,1H2,2H3,(H,17,19);2*1,3-4H2,2H3;/q-1;;;+2/p-1. The van der Waals surface area contributed by atoms with Gasteiger partial charge in [0.1, 0.15) is 10.0 Å². The number of anilines is 1. The van der Waals surface area contributed by atoms with Crippen LogP contribution >= 0.6 is 0 Å². The zero-order valence-electron chi connectivity index (χ0n) is 19.1. The Morgan fingerprint density at radius 3 is 1.88 bits per heavy atom. The molecule has 5 nitrogen and oxygen atoms in total. The summed E-state index contributed by atoms with van der Waals surface area (Å²) in [5.74, 6) is -0.328. The van der Waals surface area contributed by atoms with Gasteiger partial charge in [-0.2, -0.15) is 4.90 Å². The largest absolute Gasteiger partial charge is 2.00 e. The number of rotatable bonds is 7. The minimum absolute atomic E-state index is 0. The zero-order chi connectivity index (χ0) is 23.9. The first-order valence-corrected chi connectivity index (χ1v) is 11.9. The zero-order valence-corrected chi connectivity index (χ0v) is 23.5. The van der Waals surface area contributed by atoms with E-state index in [0.29, 0.717) is 16.2 Å². The van der Waals surface area contributed by atoms with E-state index in [4.69, 9.17) is 12.6 Å². The third-order valence-electron chi connectivity index (χ3n) is 3.59. The second-order valence-corrected chi connectivity index (χ2v) is 8.54. The summed E-state index contributed by atoms with van der Waals surface area (Å²) in [5.41, 5.74) is 1.06. The SMILES string of the molecule is C=C(C)C(=O)Nc1ccc(S(=O)(=O)[N-]c2ccccc2[S-])cc1.[CH2]CCC.[CH2]CCC.[Sn+2]. The van der Waals surface area contributed by atoms with Gasteiger partial charge in [0, 0.05) is 11.3 Å². The molecule has 0 saturated carbocycles. The topological polar surface area (TPSA) is 77.3 Å². The molecule has 1 N–H and O–H groups in total. The van der Waals surface area contributed by atoms with E-state index >= 15 is 0 Å². The molecule has 32 heavy (non-hydrogen) atoms.